The maximum Gasteiger partial charge on any atom is 0.136 e. The minimum absolute atomic E-state index is 0.0371. The molecule has 0 spiro atoms. The molecule has 0 bridgehead atoms. The Balaban J connectivity index is 2.16. The van der Waals surface area contributed by atoms with E-state index in [9.17, 15) is 4.55 Å². The monoisotopic (exact) mass is 265 g/mol. The number of nitrogens with one attached hydrogen (secondary N) is 1. The second-order valence-electron chi connectivity index (χ2n) is 5.36. The Hall–Kier alpha value is -1.04. The standard InChI is InChI=1S/C13H19N3OS/c1-10(15-18(17)13(2,3)4)12-9-11-7-5-6-8-16(11)14-12/h5-10,15H,1-4H3. The van der Waals surface area contributed by atoms with Gasteiger partial charge in [0.2, 0.25) is 0 Å². The lowest BCUT2D eigenvalue weighted by Crippen LogP contribution is -2.40. The van der Waals surface area contributed by atoms with E-state index in [2.05, 4.69) is 9.82 Å². The van der Waals surface area contributed by atoms with Gasteiger partial charge in [-0.15, -0.1) is 4.72 Å². The highest BCUT2D eigenvalue weighted by Crippen LogP contribution is 2.19. The van der Waals surface area contributed by atoms with Crippen molar-refractivity contribution in [2.75, 3.05) is 0 Å². The Kier molecular flexibility index (Phi) is 3.66. The van der Waals surface area contributed by atoms with Crippen LogP contribution in [0, 0.1) is 0 Å². The lowest BCUT2D eigenvalue weighted by Gasteiger charge is -2.25. The van der Waals surface area contributed by atoms with E-state index in [4.69, 9.17) is 0 Å². The maximum absolute atomic E-state index is 12.0. The fourth-order valence-corrected chi connectivity index (χ4v) is 2.36. The van der Waals surface area contributed by atoms with E-state index in [0.717, 1.165) is 11.2 Å². The minimum atomic E-state index is -1.09. The third-order valence-corrected chi connectivity index (χ3v) is 4.35. The van der Waals surface area contributed by atoms with Crippen molar-refractivity contribution in [2.24, 2.45) is 0 Å². The third kappa shape index (κ3) is 2.85. The highest BCUT2D eigenvalue weighted by Gasteiger charge is 2.28. The van der Waals surface area contributed by atoms with Gasteiger partial charge in [-0.05, 0) is 45.9 Å². The van der Waals surface area contributed by atoms with Crippen molar-refractivity contribution in [1.82, 2.24) is 14.3 Å². The number of pyridine rings is 1. The second kappa shape index (κ2) is 4.91. The van der Waals surface area contributed by atoms with Crippen LogP contribution < -0.4 is 4.72 Å². The molecule has 5 heteroatoms. The number of hydrogen-bond acceptors (Lipinski definition) is 3. The SMILES string of the molecule is CC(N[S+]([O-])C(C)(C)C)c1cc2ccccn2n1. The van der Waals surface area contributed by atoms with Gasteiger partial charge in [-0.3, -0.25) is 0 Å². The van der Waals surface area contributed by atoms with Gasteiger partial charge in [-0.25, -0.2) is 4.52 Å². The molecule has 2 rings (SSSR count). The first kappa shape index (κ1) is 13.4. The van der Waals surface area contributed by atoms with Gasteiger partial charge in [0.15, 0.2) is 0 Å². The van der Waals surface area contributed by atoms with Gasteiger partial charge in [-0.2, -0.15) is 5.10 Å². The first-order chi connectivity index (χ1) is 8.38. The molecule has 4 nitrogen and oxygen atoms in total. The molecule has 2 heterocycles. The maximum atomic E-state index is 12.0. The van der Waals surface area contributed by atoms with Crippen molar-refractivity contribution < 1.29 is 4.55 Å². The summed E-state index contributed by atoms with van der Waals surface area (Å²) in [4.78, 5) is 0. The molecule has 0 aliphatic heterocycles. The van der Waals surface area contributed by atoms with Crippen molar-refractivity contribution in [2.45, 2.75) is 38.5 Å². The summed E-state index contributed by atoms with van der Waals surface area (Å²) in [6.45, 7) is 7.83. The number of nitrogens with zero attached hydrogens (tertiary/aromatic N) is 2. The molecule has 0 amide bonds. The van der Waals surface area contributed by atoms with Crippen molar-refractivity contribution in [3.63, 3.8) is 0 Å². The van der Waals surface area contributed by atoms with Crippen LogP contribution in [-0.4, -0.2) is 18.9 Å². The Bertz CT molecular complexity index is 499. The Labute approximate surface area is 111 Å². The number of hydrogen-bond donors (Lipinski definition) is 1. The van der Waals surface area contributed by atoms with Crippen LogP contribution in [-0.2, 0) is 11.4 Å². The molecule has 0 saturated carbocycles. The predicted octanol–water partition coefficient (Wildman–Crippen LogP) is 2.45. The van der Waals surface area contributed by atoms with Gasteiger partial charge < -0.3 is 4.55 Å². The van der Waals surface area contributed by atoms with Crippen molar-refractivity contribution in [3.8, 4) is 0 Å². The fourth-order valence-electron chi connectivity index (χ4n) is 1.57. The molecule has 0 radical (unpaired) electrons. The Morgan fingerprint density at radius 1 is 1.39 bits per heavy atom. The molecule has 2 aromatic heterocycles. The molecule has 2 atom stereocenters. The highest BCUT2D eigenvalue weighted by atomic mass is 32.2. The molecule has 0 fully saturated rings. The summed E-state index contributed by atoms with van der Waals surface area (Å²) in [6.07, 6.45) is 1.91. The summed E-state index contributed by atoms with van der Waals surface area (Å²) in [5, 5.41) is 4.47. The van der Waals surface area contributed by atoms with E-state index in [-0.39, 0.29) is 10.8 Å². The summed E-state index contributed by atoms with van der Waals surface area (Å²) in [6, 6.07) is 7.90. The molecule has 2 unspecified atom stereocenters. The van der Waals surface area contributed by atoms with Gasteiger partial charge in [0.05, 0.1) is 17.3 Å². The summed E-state index contributed by atoms with van der Waals surface area (Å²) < 4.78 is 16.7. The molecule has 98 valence electrons. The van der Waals surface area contributed by atoms with Gasteiger partial charge in [0, 0.05) is 17.6 Å². The van der Waals surface area contributed by atoms with Gasteiger partial charge in [0.25, 0.3) is 0 Å². The number of aromatic nitrogens is 2. The van der Waals surface area contributed by atoms with Crippen LogP contribution in [0.4, 0.5) is 0 Å². The second-order valence-corrected chi connectivity index (χ2v) is 7.36. The zero-order valence-electron chi connectivity index (χ0n) is 11.2. The average molecular weight is 265 g/mol. The van der Waals surface area contributed by atoms with Crippen LogP contribution in [0.3, 0.4) is 0 Å². The van der Waals surface area contributed by atoms with Crippen molar-refractivity contribution in [3.05, 3.63) is 36.2 Å². The number of rotatable bonds is 3. The van der Waals surface area contributed by atoms with Crippen LogP contribution in [0.15, 0.2) is 30.5 Å². The average Bonchev–Trinajstić information content (AvgIpc) is 2.71. The lowest BCUT2D eigenvalue weighted by molar-refractivity contribution is 0.528. The van der Waals surface area contributed by atoms with Crippen LogP contribution in [0.5, 0.6) is 0 Å². The van der Waals surface area contributed by atoms with E-state index in [1.165, 1.54) is 0 Å². The Morgan fingerprint density at radius 2 is 2.11 bits per heavy atom. The number of fused-ring (bicyclic) bond motifs is 1. The Morgan fingerprint density at radius 3 is 2.72 bits per heavy atom. The molecule has 0 aliphatic rings. The first-order valence-corrected chi connectivity index (χ1v) is 7.15. The van der Waals surface area contributed by atoms with E-state index >= 15 is 0 Å². The lowest BCUT2D eigenvalue weighted by atomic mass is 10.2. The summed E-state index contributed by atoms with van der Waals surface area (Å²) in [5.41, 5.74) is 1.95. The molecular weight excluding hydrogens is 246 g/mol. The normalized spacial score (nSPS) is 15.8. The van der Waals surface area contributed by atoms with Crippen molar-refractivity contribution >= 4 is 16.9 Å². The van der Waals surface area contributed by atoms with E-state index in [1.807, 2.05) is 62.7 Å². The van der Waals surface area contributed by atoms with E-state index < -0.39 is 11.4 Å². The quantitative estimate of drug-likeness (QED) is 0.867. The topological polar surface area (TPSA) is 52.4 Å². The van der Waals surface area contributed by atoms with Gasteiger partial charge in [-0.1, -0.05) is 6.07 Å². The van der Waals surface area contributed by atoms with E-state index in [0.29, 0.717) is 0 Å². The molecular formula is C13H19N3OS. The van der Waals surface area contributed by atoms with Gasteiger partial charge in [0.1, 0.15) is 4.75 Å². The molecule has 1 N–H and O–H groups in total. The predicted molar refractivity (Wildman–Crippen MR) is 74.6 cm³/mol. The van der Waals surface area contributed by atoms with Crippen LogP contribution in [0.2, 0.25) is 0 Å². The summed E-state index contributed by atoms with van der Waals surface area (Å²) in [7, 11) is 0. The van der Waals surface area contributed by atoms with Crippen LogP contribution >= 0.6 is 0 Å². The smallest absolute Gasteiger partial charge is 0.136 e. The minimum Gasteiger partial charge on any atom is -0.598 e. The molecule has 18 heavy (non-hydrogen) atoms. The van der Waals surface area contributed by atoms with E-state index in [1.54, 1.807) is 0 Å². The summed E-state index contributed by atoms with van der Waals surface area (Å²) >= 11 is -1.09. The summed E-state index contributed by atoms with van der Waals surface area (Å²) in [5.74, 6) is 0. The molecule has 0 aromatic carbocycles. The molecule has 0 saturated heterocycles. The van der Waals surface area contributed by atoms with Gasteiger partial charge >= 0.3 is 0 Å². The van der Waals surface area contributed by atoms with Crippen molar-refractivity contribution in [1.29, 1.82) is 0 Å². The first-order valence-electron chi connectivity index (χ1n) is 6.00. The van der Waals surface area contributed by atoms with Crippen LogP contribution in [0.25, 0.3) is 5.52 Å². The molecule has 2 aromatic rings. The third-order valence-electron chi connectivity index (χ3n) is 2.67. The fraction of sp³-hybridized carbons (Fsp3) is 0.462. The van der Waals surface area contributed by atoms with Crippen LogP contribution in [0.1, 0.15) is 39.4 Å². The zero-order valence-corrected chi connectivity index (χ0v) is 12.0. The largest absolute Gasteiger partial charge is 0.598 e. The zero-order chi connectivity index (χ0) is 13.3. The highest BCUT2D eigenvalue weighted by molar-refractivity contribution is 7.90. The molecule has 0 aliphatic carbocycles.